The van der Waals surface area contributed by atoms with E-state index in [9.17, 15) is 9.59 Å². The first-order valence-electron chi connectivity index (χ1n) is 14.8. The van der Waals surface area contributed by atoms with E-state index >= 15 is 0 Å². The summed E-state index contributed by atoms with van der Waals surface area (Å²) in [5.74, 6) is -0.456. The number of para-hydroxylation sites is 1. The highest BCUT2D eigenvalue weighted by atomic mass is 16.2. The Labute approximate surface area is 238 Å². The van der Waals surface area contributed by atoms with Gasteiger partial charge in [0.25, 0.3) is 0 Å². The highest BCUT2D eigenvalue weighted by Crippen LogP contribution is 2.29. The van der Waals surface area contributed by atoms with Crippen molar-refractivity contribution in [3.05, 3.63) is 65.9 Å². The molecule has 0 bridgehead atoms. The number of urea groups is 1. The number of hydrogen-bond acceptors (Lipinski definition) is 4. The number of aromatic nitrogens is 1. The maximum absolute atomic E-state index is 13.8. The van der Waals surface area contributed by atoms with E-state index in [0.717, 1.165) is 47.4 Å². The summed E-state index contributed by atoms with van der Waals surface area (Å²) in [4.78, 5) is 37.2. The molecule has 1 aromatic heterocycles. The minimum absolute atomic E-state index is 0.170. The molecule has 1 aliphatic carbocycles. The first-order chi connectivity index (χ1) is 19.4. The normalized spacial score (nSPS) is 18.6. The third kappa shape index (κ3) is 6.67. The topological polar surface area (TPSA) is 83.7 Å². The molecular formula is C32H44N6O2. The van der Waals surface area contributed by atoms with Crippen LogP contribution in [0.1, 0.15) is 56.1 Å². The lowest BCUT2D eigenvalue weighted by Crippen LogP contribution is -2.57. The van der Waals surface area contributed by atoms with Crippen molar-refractivity contribution < 1.29 is 9.59 Å². The summed E-state index contributed by atoms with van der Waals surface area (Å²) in [6.45, 7) is 5.96. The van der Waals surface area contributed by atoms with E-state index in [1.807, 2.05) is 68.5 Å². The number of nitrogens with one attached hydrogen (secondary N) is 3. The average Bonchev–Trinajstić information content (AvgIpc) is 3.40. The van der Waals surface area contributed by atoms with Crippen molar-refractivity contribution in [2.24, 2.45) is 0 Å². The zero-order chi connectivity index (χ0) is 28.1. The molecule has 3 N–H and O–H groups in total. The van der Waals surface area contributed by atoms with E-state index in [2.05, 4.69) is 37.6 Å². The number of aromatic amines is 1. The molecule has 1 saturated heterocycles. The number of anilines is 1. The van der Waals surface area contributed by atoms with Crippen LogP contribution in [0.15, 0.2) is 54.7 Å². The van der Waals surface area contributed by atoms with E-state index < -0.39 is 6.04 Å². The summed E-state index contributed by atoms with van der Waals surface area (Å²) in [5.41, 5.74) is 3.88. The van der Waals surface area contributed by atoms with Crippen LogP contribution in [-0.4, -0.2) is 84.0 Å². The lowest BCUT2D eigenvalue weighted by molar-refractivity contribution is -0.118. The van der Waals surface area contributed by atoms with Crippen molar-refractivity contribution in [2.45, 2.75) is 63.6 Å². The number of hydrogen-bond donors (Lipinski definition) is 3. The lowest BCUT2D eigenvalue weighted by atomic mass is 9.92. The van der Waals surface area contributed by atoms with Crippen LogP contribution in [0.4, 0.5) is 10.5 Å². The van der Waals surface area contributed by atoms with E-state index in [4.69, 9.17) is 0 Å². The van der Waals surface area contributed by atoms with Gasteiger partial charge in [-0.15, -0.1) is 0 Å². The number of H-pyrrole nitrogens is 1. The van der Waals surface area contributed by atoms with E-state index in [1.54, 1.807) is 0 Å². The molecule has 3 amide bonds. The molecule has 40 heavy (non-hydrogen) atoms. The van der Waals surface area contributed by atoms with Crippen LogP contribution in [0.5, 0.6) is 0 Å². The van der Waals surface area contributed by atoms with Gasteiger partial charge in [0.05, 0.1) is 0 Å². The van der Waals surface area contributed by atoms with Crippen molar-refractivity contribution >= 4 is 28.5 Å². The average molecular weight is 545 g/mol. The number of benzene rings is 2. The number of rotatable bonds is 8. The molecule has 2 fully saturated rings. The standard InChI is InChI=1S/C32H44N6O2/c1-23(28-21-33-29-15-8-7-14-27(28)29)30(31(39)34-25-11-9-10-24(20-25)22-36(2)3)35-32(40)38-18-16-37(17-19-38)26-12-5-4-6-13-26/h7-11,14-15,20-21,23,26,30,33H,4-6,12-13,16-19,22H2,1-3H3,(H,34,39)(H,35,40). The Morgan fingerprint density at radius 3 is 2.50 bits per heavy atom. The molecular weight excluding hydrogens is 500 g/mol. The molecule has 0 spiro atoms. The first kappa shape index (κ1) is 28.2. The lowest BCUT2D eigenvalue weighted by Gasteiger charge is -2.41. The van der Waals surface area contributed by atoms with Crippen LogP contribution in [0.3, 0.4) is 0 Å². The monoisotopic (exact) mass is 544 g/mol. The van der Waals surface area contributed by atoms with Gasteiger partial charge in [-0.05, 0) is 56.3 Å². The maximum atomic E-state index is 13.8. The Bertz CT molecular complexity index is 1290. The van der Waals surface area contributed by atoms with Crippen LogP contribution in [-0.2, 0) is 11.3 Å². The van der Waals surface area contributed by atoms with E-state index in [0.29, 0.717) is 19.1 Å². The van der Waals surface area contributed by atoms with Gasteiger partial charge in [0.2, 0.25) is 5.91 Å². The van der Waals surface area contributed by atoms with Crippen molar-refractivity contribution in [1.82, 2.24) is 25.0 Å². The van der Waals surface area contributed by atoms with Gasteiger partial charge in [0.15, 0.2) is 0 Å². The number of fused-ring (bicyclic) bond motifs is 1. The number of nitrogens with zero attached hydrogens (tertiary/aromatic N) is 3. The summed E-state index contributed by atoms with van der Waals surface area (Å²) in [7, 11) is 4.04. The fourth-order valence-electron chi connectivity index (χ4n) is 6.36. The smallest absolute Gasteiger partial charge is 0.318 e. The molecule has 8 heteroatoms. The second-order valence-electron chi connectivity index (χ2n) is 11.7. The van der Waals surface area contributed by atoms with Gasteiger partial charge in [0, 0.05) is 67.5 Å². The van der Waals surface area contributed by atoms with Crippen molar-refractivity contribution in [3.8, 4) is 0 Å². The number of carbonyl (C=O) groups excluding carboxylic acids is 2. The Morgan fingerprint density at radius 2 is 1.75 bits per heavy atom. The third-order valence-electron chi connectivity index (χ3n) is 8.56. The molecule has 2 heterocycles. The van der Waals surface area contributed by atoms with Gasteiger partial charge in [-0.2, -0.15) is 0 Å². The van der Waals surface area contributed by atoms with Crippen molar-refractivity contribution in [2.75, 3.05) is 45.6 Å². The third-order valence-corrected chi connectivity index (χ3v) is 8.56. The molecule has 2 atom stereocenters. The second-order valence-corrected chi connectivity index (χ2v) is 11.7. The summed E-state index contributed by atoms with van der Waals surface area (Å²) in [6.07, 6.45) is 8.47. The quantitative estimate of drug-likeness (QED) is 0.373. The van der Waals surface area contributed by atoms with Crippen molar-refractivity contribution in [3.63, 3.8) is 0 Å². The van der Waals surface area contributed by atoms with E-state index in [1.165, 1.54) is 32.1 Å². The van der Waals surface area contributed by atoms with Gasteiger partial charge in [-0.3, -0.25) is 9.69 Å². The summed E-state index contributed by atoms with van der Waals surface area (Å²) in [6, 6.07) is 15.7. The van der Waals surface area contributed by atoms with Gasteiger partial charge in [0.1, 0.15) is 6.04 Å². The molecule has 1 aliphatic heterocycles. The number of piperazine rings is 1. The van der Waals surface area contributed by atoms with Crippen LogP contribution in [0, 0.1) is 0 Å². The highest BCUT2D eigenvalue weighted by molar-refractivity contribution is 5.98. The molecule has 2 aliphatic rings. The second kappa shape index (κ2) is 12.9. The first-order valence-corrected chi connectivity index (χ1v) is 14.8. The van der Waals surface area contributed by atoms with Gasteiger partial charge in [-0.25, -0.2) is 4.79 Å². The Kier molecular flexibility index (Phi) is 9.07. The zero-order valence-corrected chi connectivity index (χ0v) is 24.2. The van der Waals surface area contributed by atoms with Crippen LogP contribution >= 0.6 is 0 Å². The summed E-state index contributed by atoms with van der Waals surface area (Å²) >= 11 is 0. The Hall–Kier alpha value is -3.36. The van der Waals surface area contributed by atoms with Crippen LogP contribution in [0.25, 0.3) is 10.9 Å². The minimum atomic E-state index is -0.736. The van der Waals surface area contributed by atoms with Crippen LogP contribution < -0.4 is 10.6 Å². The van der Waals surface area contributed by atoms with E-state index in [-0.39, 0.29) is 17.9 Å². The minimum Gasteiger partial charge on any atom is -0.361 e. The molecule has 5 rings (SSSR count). The molecule has 2 aromatic carbocycles. The predicted molar refractivity (Wildman–Crippen MR) is 162 cm³/mol. The zero-order valence-electron chi connectivity index (χ0n) is 24.2. The van der Waals surface area contributed by atoms with Crippen molar-refractivity contribution in [1.29, 1.82) is 0 Å². The van der Waals surface area contributed by atoms with Gasteiger partial charge >= 0.3 is 6.03 Å². The van der Waals surface area contributed by atoms with Crippen LogP contribution in [0.2, 0.25) is 0 Å². The highest BCUT2D eigenvalue weighted by Gasteiger charge is 2.33. The number of carbonyl (C=O) groups is 2. The SMILES string of the molecule is CC(c1c[nH]c2ccccc12)C(NC(=O)N1CCN(C2CCCCC2)CC1)C(=O)Nc1cccc(CN(C)C)c1. The predicted octanol–water partition coefficient (Wildman–Crippen LogP) is 5.00. The molecule has 3 aromatic rings. The fraction of sp³-hybridized carbons (Fsp3) is 0.500. The maximum Gasteiger partial charge on any atom is 0.318 e. The fourth-order valence-corrected chi connectivity index (χ4v) is 6.36. The largest absolute Gasteiger partial charge is 0.361 e. The number of amides is 3. The molecule has 214 valence electrons. The molecule has 0 radical (unpaired) electrons. The van der Waals surface area contributed by atoms with Gasteiger partial charge in [-0.1, -0.05) is 56.5 Å². The Balaban J connectivity index is 1.31. The summed E-state index contributed by atoms with van der Waals surface area (Å²) in [5, 5.41) is 7.30. The molecule has 1 saturated carbocycles. The summed E-state index contributed by atoms with van der Waals surface area (Å²) < 4.78 is 0. The molecule has 8 nitrogen and oxygen atoms in total. The van der Waals surface area contributed by atoms with Gasteiger partial charge < -0.3 is 25.4 Å². The molecule has 2 unspecified atom stereocenters. The Morgan fingerprint density at radius 1 is 1.00 bits per heavy atom.